The Bertz CT molecular complexity index is 1240. The molecule has 0 aliphatic heterocycles. The average Bonchev–Trinajstić information content (AvgIpc) is 2.91. The number of carbonyl (C=O) groups excluding carboxylic acids is 2. The smallest absolute Gasteiger partial charge is 0.261 e. The SMILES string of the molecule is O=C(NC1CCCCC1)[C@H](Cc1ccccc1)N(Cc1cccc(Br)c1)C(=O)COc1ccc(Cl)cc1Br. The maximum Gasteiger partial charge on any atom is 0.261 e. The lowest BCUT2D eigenvalue weighted by atomic mass is 9.94. The fraction of sp³-hybridized carbons (Fsp3) is 0.333. The minimum absolute atomic E-state index is 0.128. The van der Waals surface area contributed by atoms with Crippen molar-refractivity contribution >= 4 is 55.3 Å². The highest BCUT2D eigenvalue weighted by Gasteiger charge is 2.32. The van der Waals surface area contributed by atoms with Gasteiger partial charge in [0.25, 0.3) is 5.91 Å². The van der Waals surface area contributed by atoms with Gasteiger partial charge in [-0.15, -0.1) is 0 Å². The normalized spacial score (nSPS) is 14.5. The third-order valence-electron chi connectivity index (χ3n) is 6.71. The van der Waals surface area contributed by atoms with Crippen molar-refractivity contribution in [1.29, 1.82) is 0 Å². The Kier molecular flexibility index (Phi) is 10.7. The predicted octanol–water partition coefficient (Wildman–Crippen LogP) is 7.33. The van der Waals surface area contributed by atoms with Gasteiger partial charge in [-0.2, -0.15) is 0 Å². The first kappa shape index (κ1) is 28.7. The Morgan fingerprint density at radius 3 is 2.39 bits per heavy atom. The summed E-state index contributed by atoms with van der Waals surface area (Å²) < 4.78 is 7.46. The van der Waals surface area contributed by atoms with Crippen LogP contribution in [0.5, 0.6) is 5.75 Å². The van der Waals surface area contributed by atoms with Crippen LogP contribution >= 0.6 is 43.5 Å². The van der Waals surface area contributed by atoms with E-state index in [-0.39, 0.29) is 31.0 Å². The van der Waals surface area contributed by atoms with Gasteiger partial charge in [-0.1, -0.05) is 89.3 Å². The third-order valence-corrected chi connectivity index (χ3v) is 8.06. The largest absolute Gasteiger partial charge is 0.483 e. The summed E-state index contributed by atoms with van der Waals surface area (Å²) >= 11 is 13.0. The molecule has 4 rings (SSSR count). The summed E-state index contributed by atoms with van der Waals surface area (Å²) in [4.78, 5) is 29.2. The molecule has 1 saturated carbocycles. The van der Waals surface area contributed by atoms with Crippen molar-refractivity contribution < 1.29 is 14.3 Å². The van der Waals surface area contributed by atoms with Gasteiger partial charge in [0.15, 0.2) is 6.61 Å². The molecule has 5 nitrogen and oxygen atoms in total. The number of hydrogen-bond acceptors (Lipinski definition) is 3. The Hall–Kier alpha value is -2.35. The van der Waals surface area contributed by atoms with Crippen molar-refractivity contribution in [1.82, 2.24) is 10.2 Å². The number of amides is 2. The molecule has 0 aromatic heterocycles. The van der Waals surface area contributed by atoms with Crippen LogP contribution in [0.3, 0.4) is 0 Å². The first-order valence-corrected chi connectivity index (χ1v) is 14.8. The van der Waals surface area contributed by atoms with Crippen LogP contribution in [0.4, 0.5) is 0 Å². The molecule has 1 aliphatic carbocycles. The molecule has 3 aromatic carbocycles. The summed E-state index contributed by atoms with van der Waals surface area (Å²) in [7, 11) is 0. The fourth-order valence-electron chi connectivity index (χ4n) is 4.74. The van der Waals surface area contributed by atoms with Gasteiger partial charge in [0.1, 0.15) is 11.8 Å². The van der Waals surface area contributed by atoms with Crippen LogP contribution in [0.15, 0.2) is 81.7 Å². The lowest BCUT2D eigenvalue weighted by Gasteiger charge is -2.33. The van der Waals surface area contributed by atoms with Crippen LogP contribution < -0.4 is 10.1 Å². The monoisotopic (exact) mass is 660 g/mol. The molecule has 0 heterocycles. The summed E-state index contributed by atoms with van der Waals surface area (Å²) in [5.41, 5.74) is 1.91. The van der Waals surface area contributed by atoms with E-state index in [2.05, 4.69) is 37.2 Å². The Labute approximate surface area is 246 Å². The Balaban J connectivity index is 1.62. The molecule has 0 bridgehead atoms. The average molecular weight is 663 g/mol. The number of nitrogens with one attached hydrogen (secondary N) is 1. The first-order valence-electron chi connectivity index (χ1n) is 12.8. The molecule has 8 heteroatoms. The molecular formula is C30H31Br2ClN2O3. The summed E-state index contributed by atoms with van der Waals surface area (Å²) in [6.07, 6.45) is 5.76. The lowest BCUT2D eigenvalue weighted by Crippen LogP contribution is -2.53. The van der Waals surface area contributed by atoms with E-state index in [1.807, 2.05) is 54.6 Å². The molecule has 0 spiro atoms. The van der Waals surface area contributed by atoms with Gasteiger partial charge in [0.2, 0.25) is 5.91 Å². The summed E-state index contributed by atoms with van der Waals surface area (Å²) in [5, 5.41) is 3.82. The Morgan fingerprint density at radius 2 is 1.68 bits per heavy atom. The van der Waals surface area contributed by atoms with Crippen LogP contribution in [-0.4, -0.2) is 35.4 Å². The molecule has 2 amide bonds. The molecule has 38 heavy (non-hydrogen) atoms. The van der Waals surface area contributed by atoms with Gasteiger partial charge in [-0.3, -0.25) is 9.59 Å². The van der Waals surface area contributed by atoms with E-state index in [0.717, 1.165) is 41.3 Å². The molecule has 0 unspecified atom stereocenters. The zero-order valence-corrected chi connectivity index (χ0v) is 25.0. The summed E-state index contributed by atoms with van der Waals surface area (Å²) in [6.45, 7) is 0.0647. The second-order valence-electron chi connectivity index (χ2n) is 9.56. The second kappa shape index (κ2) is 14.2. The molecular weight excluding hydrogens is 632 g/mol. The Morgan fingerprint density at radius 1 is 0.947 bits per heavy atom. The van der Waals surface area contributed by atoms with E-state index >= 15 is 0 Å². The van der Waals surface area contributed by atoms with Crippen molar-refractivity contribution in [2.45, 2.75) is 57.2 Å². The number of carbonyl (C=O) groups is 2. The molecule has 0 radical (unpaired) electrons. The minimum Gasteiger partial charge on any atom is -0.483 e. The molecule has 1 atom stereocenters. The van der Waals surface area contributed by atoms with Crippen molar-refractivity contribution in [3.63, 3.8) is 0 Å². The molecule has 0 saturated heterocycles. The highest BCUT2D eigenvalue weighted by atomic mass is 79.9. The second-order valence-corrected chi connectivity index (χ2v) is 11.8. The van der Waals surface area contributed by atoms with E-state index in [4.69, 9.17) is 16.3 Å². The van der Waals surface area contributed by atoms with E-state index < -0.39 is 6.04 Å². The number of benzene rings is 3. The van der Waals surface area contributed by atoms with E-state index in [1.165, 1.54) is 6.42 Å². The number of nitrogens with zero attached hydrogens (tertiary/aromatic N) is 1. The first-order chi connectivity index (χ1) is 18.4. The number of hydrogen-bond donors (Lipinski definition) is 1. The van der Waals surface area contributed by atoms with E-state index in [9.17, 15) is 9.59 Å². The van der Waals surface area contributed by atoms with Gasteiger partial charge >= 0.3 is 0 Å². The number of halogens is 3. The highest BCUT2D eigenvalue weighted by molar-refractivity contribution is 9.10. The zero-order valence-electron chi connectivity index (χ0n) is 21.0. The van der Waals surface area contributed by atoms with Gasteiger partial charge < -0.3 is 15.0 Å². The van der Waals surface area contributed by atoms with Crippen LogP contribution in [-0.2, 0) is 22.6 Å². The molecule has 200 valence electrons. The minimum atomic E-state index is -0.692. The quantitative estimate of drug-likeness (QED) is 0.247. The number of ether oxygens (including phenoxy) is 1. The van der Waals surface area contributed by atoms with Gasteiger partial charge in [0, 0.05) is 28.5 Å². The van der Waals surface area contributed by atoms with Gasteiger partial charge in [-0.05, 0) is 70.2 Å². The maximum atomic E-state index is 13.8. The topological polar surface area (TPSA) is 58.6 Å². The summed E-state index contributed by atoms with van der Waals surface area (Å²) in [5.74, 6) is 0.111. The van der Waals surface area contributed by atoms with Crippen LogP contribution in [0.1, 0.15) is 43.2 Å². The van der Waals surface area contributed by atoms with Crippen molar-refractivity contribution in [3.05, 3.63) is 97.9 Å². The number of rotatable bonds is 10. The van der Waals surface area contributed by atoms with Crippen LogP contribution in [0, 0.1) is 0 Å². The van der Waals surface area contributed by atoms with Crippen LogP contribution in [0.2, 0.25) is 5.02 Å². The standard InChI is InChI=1S/C30H31Br2ClN2O3/c31-23-11-7-10-22(16-23)19-35(29(36)20-38-28-15-14-24(33)18-26(28)32)27(17-21-8-3-1-4-9-21)30(37)34-25-12-5-2-6-13-25/h1,3-4,7-11,14-16,18,25,27H,2,5-6,12-13,17,19-20H2,(H,34,37)/t27-/m0/s1. The van der Waals surface area contributed by atoms with Crippen molar-refractivity contribution in [3.8, 4) is 5.75 Å². The predicted molar refractivity (Wildman–Crippen MR) is 158 cm³/mol. The molecule has 1 aliphatic rings. The van der Waals surface area contributed by atoms with Crippen molar-refractivity contribution in [2.75, 3.05) is 6.61 Å². The van der Waals surface area contributed by atoms with Gasteiger partial charge in [-0.25, -0.2) is 0 Å². The maximum absolute atomic E-state index is 13.8. The molecule has 3 aromatic rings. The third kappa shape index (κ3) is 8.32. The van der Waals surface area contributed by atoms with E-state index in [0.29, 0.717) is 21.7 Å². The lowest BCUT2D eigenvalue weighted by molar-refractivity contribution is -0.143. The fourth-order valence-corrected chi connectivity index (χ4v) is 5.99. The molecule has 1 fully saturated rings. The summed E-state index contributed by atoms with van der Waals surface area (Å²) in [6, 6.07) is 22.2. The van der Waals surface area contributed by atoms with Crippen molar-refractivity contribution in [2.24, 2.45) is 0 Å². The highest BCUT2D eigenvalue weighted by Crippen LogP contribution is 2.28. The van der Waals surface area contributed by atoms with E-state index in [1.54, 1.807) is 23.1 Å². The van der Waals surface area contributed by atoms with Gasteiger partial charge in [0.05, 0.1) is 4.47 Å². The zero-order chi connectivity index (χ0) is 26.9. The molecule has 1 N–H and O–H groups in total. The van der Waals surface area contributed by atoms with Crippen LogP contribution in [0.25, 0.3) is 0 Å².